The van der Waals surface area contributed by atoms with E-state index in [2.05, 4.69) is 0 Å². The minimum Gasteiger partial charge on any atom is -0.477 e. The number of halogens is 7. The van der Waals surface area contributed by atoms with Crippen LogP contribution in [0, 0.1) is 17.1 Å². The van der Waals surface area contributed by atoms with E-state index in [1.54, 1.807) is 0 Å². The first-order valence-corrected chi connectivity index (χ1v) is 8.71. The number of benzene rings is 2. The van der Waals surface area contributed by atoms with Crippen molar-refractivity contribution in [2.45, 2.75) is 18.9 Å². The van der Waals surface area contributed by atoms with E-state index in [1.807, 2.05) is 0 Å². The van der Waals surface area contributed by atoms with Crippen LogP contribution in [0.25, 0.3) is 17.0 Å². The molecule has 0 aliphatic rings. The third-order valence-corrected chi connectivity index (χ3v) is 4.53. The predicted octanol–water partition coefficient (Wildman–Crippen LogP) is 5.86. The van der Waals surface area contributed by atoms with E-state index in [-0.39, 0.29) is 28.1 Å². The Kier molecular flexibility index (Phi) is 5.74. The molecule has 0 aliphatic heterocycles. The Balaban J connectivity index is 2.18. The molecule has 0 atom stereocenters. The standard InChI is InChI=1S/C21H11F7N2O2/c22-16-1-2-18-17(7-16)13(5-12(8-29)19(31)32)10-30(18)9-11-3-14(20(23,24)25)6-15(4-11)21(26,27)28/h1-7,10H,9H2,(H,31,32)/b12-5+. The van der Waals surface area contributed by atoms with E-state index in [9.17, 15) is 35.5 Å². The van der Waals surface area contributed by atoms with Gasteiger partial charge in [0.05, 0.1) is 11.1 Å². The molecule has 1 aromatic heterocycles. The highest BCUT2D eigenvalue weighted by Crippen LogP contribution is 2.37. The molecule has 3 rings (SSSR count). The van der Waals surface area contributed by atoms with Crippen LogP contribution in [0.4, 0.5) is 30.7 Å². The molecular formula is C21H11F7N2O2. The zero-order chi connectivity index (χ0) is 23.8. The van der Waals surface area contributed by atoms with Gasteiger partial charge in [-0.05, 0) is 48.0 Å². The number of carbonyl (C=O) groups is 1. The number of rotatable bonds is 4. The molecule has 32 heavy (non-hydrogen) atoms. The van der Waals surface area contributed by atoms with Crippen LogP contribution in [-0.2, 0) is 23.7 Å². The largest absolute Gasteiger partial charge is 0.477 e. The second kappa shape index (κ2) is 8.03. The van der Waals surface area contributed by atoms with Gasteiger partial charge in [0.15, 0.2) is 0 Å². The van der Waals surface area contributed by atoms with Crippen LogP contribution in [0.3, 0.4) is 0 Å². The summed E-state index contributed by atoms with van der Waals surface area (Å²) in [6.45, 7) is -0.460. The number of carboxylic acid groups (broad SMARTS) is 1. The van der Waals surface area contributed by atoms with E-state index in [0.29, 0.717) is 12.1 Å². The van der Waals surface area contributed by atoms with Gasteiger partial charge in [0.1, 0.15) is 17.5 Å². The molecule has 4 nitrogen and oxygen atoms in total. The number of alkyl halides is 6. The SMILES string of the molecule is N#C/C(=C\c1cn(Cc2cc(C(F)(F)F)cc(C(F)(F)F)c2)c2ccc(F)cc12)C(=O)O. The molecule has 166 valence electrons. The van der Waals surface area contributed by atoms with E-state index < -0.39 is 47.4 Å². The Morgan fingerprint density at radius 1 is 1.03 bits per heavy atom. The number of nitriles is 1. The maximum Gasteiger partial charge on any atom is 0.416 e. The molecule has 0 saturated heterocycles. The summed E-state index contributed by atoms with van der Waals surface area (Å²) in [7, 11) is 0. The molecule has 11 heteroatoms. The number of nitrogens with zero attached hydrogens (tertiary/aromatic N) is 2. The Bertz CT molecular complexity index is 1250. The van der Waals surface area contributed by atoms with Crippen LogP contribution in [0.15, 0.2) is 48.2 Å². The Morgan fingerprint density at radius 2 is 1.62 bits per heavy atom. The Labute approximate surface area is 175 Å². The maximum atomic E-state index is 13.7. The highest BCUT2D eigenvalue weighted by atomic mass is 19.4. The fourth-order valence-electron chi connectivity index (χ4n) is 3.15. The lowest BCUT2D eigenvalue weighted by atomic mass is 10.0. The minimum absolute atomic E-state index is 0.00681. The van der Waals surface area contributed by atoms with Crippen LogP contribution >= 0.6 is 0 Å². The molecule has 0 unspecified atom stereocenters. The first-order valence-electron chi connectivity index (χ1n) is 8.71. The van der Waals surface area contributed by atoms with Crippen molar-refractivity contribution in [3.05, 3.63) is 76.2 Å². The monoisotopic (exact) mass is 456 g/mol. The smallest absolute Gasteiger partial charge is 0.416 e. The van der Waals surface area contributed by atoms with Gasteiger partial charge in [-0.15, -0.1) is 0 Å². The molecule has 1 N–H and O–H groups in total. The van der Waals surface area contributed by atoms with Gasteiger partial charge in [0, 0.05) is 29.2 Å². The van der Waals surface area contributed by atoms with Gasteiger partial charge in [-0.25, -0.2) is 9.18 Å². The van der Waals surface area contributed by atoms with Crippen LogP contribution in [0.1, 0.15) is 22.3 Å². The van der Waals surface area contributed by atoms with Crippen molar-refractivity contribution in [1.29, 1.82) is 5.26 Å². The van der Waals surface area contributed by atoms with Gasteiger partial charge in [0.2, 0.25) is 0 Å². The highest BCUT2D eigenvalue weighted by Gasteiger charge is 2.36. The molecule has 0 aliphatic carbocycles. The summed E-state index contributed by atoms with van der Waals surface area (Å²) in [5.74, 6) is -2.27. The third-order valence-electron chi connectivity index (χ3n) is 4.53. The molecule has 0 saturated carbocycles. The quantitative estimate of drug-likeness (QED) is 0.304. The summed E-state index contributed by atoms with van der Waals surface area (Å²) in [4.78, 5) is 11.1. The highest BCUT2D eigenvalue weighted by molar-refractivity contribution is 6.00. The number of hydrogen-bond acceptors (Lipinski definition) is 2. The first-order chi connectivity index (χ1) is 14.8. The molecule has 0 bridgehead atoms. The van der Waals surface area contributed by atoms with Gasteiger partial charge < -0.3 is 9.67 Å². The fraction of sp³-hybridized carbons (Fsp3) is 0.143. The summed E-state index contributed by atoms with van der Waals surface area (Å²) in [5, 5.41) is 18.1. The first kappa shape index (κ1) is 22.9. The van der Waals surface area contributed by atoms with Crippen molar-refractivity contribution >= 4 is 22.9 Å². The van der Waals surface area contributed by atoms with E-state index in [1.165, 1.54) is 22.9 Å². The zero-order valence-electron chi connectivity index (χ0n) is 15.7. The molecule has 0 amide bonds. The molecule has 1 heterocycles. The lowest BCUT2D eigenvalue weighted by Gasteiger charge is -2.15. The van der Waals surface area contributed by atoms with E-state index in [0.717, 1.165) is 18.2 Å². The number of aliphatic carboxylic acids is 1. The van der Waals surface area contributed by atoms with Crippen molar-refractivity contribution < 1.29 is 40.6 Å². The number of fused-ring (bicyclic) bond motifs is 1. The van der Waals surface area contributed by atoms with Crippen LogP contribution in [0.2, 0.25) is 0 Å². The van der Waals surface area contributed by atoms with Crippen LogP contribution in [-0.4, -0.2) is 15.6 Å². The van der Waals surface area contributed by atoms with Gasteiger partial charge in [0.25, 0.3) is 0 Å². The number of carboxylic acids is 1. The van der Waals surface area contributed by atoms with Gasteiger partial charge in [-0.3, -0.25) is 0 Å². The van der Waals surface area contributed by atoms with Crippen molar-refractivity contribution in [3.63, 3.8) is 0 Å². The van der Waals surface area contributed by atoms with Crippen molar-refractivity contribution in [2.24, 2.45) is 0 Å². The van der Waals surface area contributed by atoms with E-state index >= 15 is 0 Å². The van der Waals surface area contributed by atoms with Crippen LogP contribution < -0.4 is 0 Å². The second-order valence-electron chi connectivity index (χ2n) is 6.76. The van der Waals surface area contributed by atoms with E-state index in [4.69, 9.17) is 10.4 Å². The van der Waals surface area contributed by atoms with Crippen LogP contribution in [0.5, 0.6) is 0 Å². The van der Waals surface area contributed by atoms with Gasteiger partial charge in [-0.2, -0.15) is 31.6 Å². The lowest BCUT2D eigenvalue weighted by Crippen LogP contribution is -2.12. The minimum atomic E-state index is -5.02. The average molecular weight is 456 g/mol. The Hall–Kier alpha value is -3.81. The molecular weight excluding hydrogens is 445 g/mol. The normalized spacial score (nSPS) is 12.8. The van der Waals surface area contributed by atoms with Gasteiger partial charge in [-0.1, -0.05) is 0 Å². The second-order valence-corrected chi connectivity index (χ2v) is 6.76. The van der Waals surface area contributed by atoms with Crippen molar-refractivity contribution in [1.82, 2.24) is 4.57 Å². The number of aromatic nitrogens is 1. The summed E-state index contributed by atoms with van der Waals surface area (Å²) in [5.41, 5.74) is -3.72. The summed E-state index contributed by atoms with van der Waals surface area (Å²) >= 11 is 0. The molecule has 0 spiro atoms. The topological polar surface area (TPSA) is 66.0 Å². The third kappa shape index (κ3) is 4.74. The molecule has 0 fully saturated rings. The fourth-order valence-corrected chi connectivity index (χ4v) is 3.15. The molecule has 3 aromatic rings. The number of hydrogen-bond donors (Lipinski definition) is 1. The Morgan fingerprint density at radius 3 is 2.12 bits per heavy atom. The predicted molar refractivity (Wildman–Crippen MR) is 98.7 cm³/mol. The molecule has 0 radical (unpaired) electrons. The molecule has 2 aromatic carbocycles. The lowest BCUT2D eigenvalue weighted by molar-refractivity contribution is -0.143. The van der Waals surface area contributed by atoms with Crippen molar-refractivity contribution in [2.75, 3.05) is 0 Å². The summed E-state index contributed by atoms with van der Waals surface area (Å²) < 4.78 is 93.7. The zero-order valence-corrected chi connectivity index (χ0v) is 15.7. The van der Waals surface area contributed by atoms with Gasteiger partial charge >= 0.3 is 18.3 Å². The average Bonchev–Trinajstić information content (AvgIpc) is 3.00. The summed E-state index contributed by atoms with van der Waals surface area (Å²) in [6.07, 6.45) is -7.88. The maximum absolute atomic E-state index is 13.7. The summed E-state index contributed by atoms with van der Waals surface area (Å²) in [6, 6.07) is 5.88. The van der Waals surface area contributed by atoms with Crippen molar-refractivity contribution in [3.8, 4) is 6.07 Å².